The van der Waals surface area contributed by atoms with E-state index in [1.165, 1.54) is 11.8 Å². The van der Waals surface area contributed by atoms with Gasteiger partial charge in [-0.1, -0.05) is 11.8 Å². The van der Waals surface area contributed by atoms with Crippen LogP contribution in [0.1, 0.15) is 25.3 Å². The van der Waals surface area contributed by atoms with Crippen LogP contribution in [0.15, 0.2) is 9.95 Å². The van der Waals surface area contributed by atoms with Crippen molar-refractivity contribution >= 4 is 17.7 Å². The number of H-pyrrole nitrogens is 1. The van der Waals surface area contributed by atoms with E-state index < -0.39 is 0 Å². The van der Waals surface area contributed by atoms with E-state index in [-0.39, 0.29) is 23.0 Å². The van der Waals surface area contributed by atoms with Crippen LogP contribution in [0.3, 0.4) is 0 Å². The zero-order valence-electron chi connectivity index (χ0n) is 8.51. The van der Waals surface area contributed by atoms with Crippen molar-refractivity contribution in [2.24, 2.45) is 0 Å². The molecule has 0 spiro atoms. The van der Waals surface area contributed by atoms with Gasteiger partial charge in [-0.05, 0) is 12.8 Å². The van der Waals surface area contributed by atoms with E-state index >= 15 is 0 Å². The molecule has 7 heteroatoms. The van der Waals surface area contributed by atoms with Crippen molar-refractivity contribution in [3.05, 3.63) is 10.5 Å². The molecule has 0 unspecified atom stereocenters. The van der Waals surface area contributed by atoms with Crippen molar-refractivity contribution < 1.29 is 9.53 Å². The van der Waals surface area contributed by atoms with Gasteiger partial charge >= 0.3 is 11.7 Å². The predicted molar refractivity (Wildman–Crippen MR) is 56.3 cm³/mol. The summed E-state index contributed by atoms with van der Waals surface area (Å²) in [5.74, 6) is -0.206. The number of thioether (sulfide) groups is 1. The number of ether oxygens (including phenoxy) is 1. The molecule has 0 radical (unpaired) electrons. The Bertz CT molecular complexity index is 477. The van der Waals surface area contributed by atoms with Crippen molar-refractivity contribution in [2.75, 3.05) is 6.61 Å². The van der Waals surface area contributed by atoms with Crippen LogP contribution in [-0.4, -0.2) is 32.6 Å². The van der Waals surface area contributed by atoms with Crippen LogP contribution in [0, 0.1) is 0 Å². The van der Waals surface area contributed by atoms with Crippen molar-refractivity contribution in [1.82, 2.24) is 14.8 Å². The van der Waals surface area contributed by atoms with Crippen LogP contribution >= 0.6 is 11.8 Å². The number of nitrogens with one attached hydrogen (secondary N) is 1. The van der Waals surface area contributed by atoms with E-state index in [9.17, 15) is 9.59 Å². The third kappa shape index (κ3) is 1.64. The van der Waals surface area contributed by atoms with Crippen LogP contribution in [0.2, 0.25) is 0 Å². The molecule has 86 valence electrons. The number of esters is 1. The maximum atomic E-state index is 11.5. The highest BCUT2D eigenvalue weighted by Gasteiger charge is 2.33. The smallest absolute Gasteiger partial charge is 0.344 e. The second-order valence-electron chi connectivity index (χ2n) is 3.98. The zero-order chi connectivity index (χ0) is 11.1. The summed E-state index contributed by atoms with van der Waals surface area (Å²) in [6.07, 6.45) is 2.72. The lowest BCUT2D eigenvalue weighted by atomic mass is 10.4. The summed E-state index contributed by atoms with van der Waals surface area (Å²) in [7, 11) is 0. The number of carbonyl (C=O) groups is 1. The molecule has 1 aromatic rings. The number of carbonyl (C=O) groups excluding carboxylic acids is 1. The van der Waals surface area contributed by atoms with Gasteiger partial charge < -0.3 is 4.74 Å². The zero-order valence-corrected chi connectivity index (χ0v) is 9.33. The fourth-order valence-electron chi connectivity index (χ4n) is 1.74. The molecule has 1 aliphatic heterocycles. The van der Waals surface area contributed by atoms with Gasteiger partial charge in [-0.2, -0.15) is 0 Å². The van der Waals surface area contributed by atoms with E-state index in [0.29, 0.717) is 18.2 Å². The number of aromatic nitrogens is 3. The molecule has 2 fully saturated rings. The number of aromatic amines is 1. The molecule has 1 saturated heterocycles. The fourth-order valence-corrected chi connectivity index (χ4v) is 2.82. The van der Waals surface area contributed by atoms with Crippen LogP contribution in [0.5, 0.6) is 0 Å². The molecule has 0 aromatic carbocycles. The van der Waals surface area contributed by atoms with Gasteiger partial charge in [0.15, 0.2) is 5.16 Å². The van der Waals surface area contributed by atoms with Gasteiger partial charge in [0, 0.05) is 12.5 Å². The number of cyclic esters (lactones) is 1. The first-order chi connectivity index (χ1) is 7.75. The predicted octanol–water partition coefficient (Wildman–Crippen LogP) is 0.314. The van der Waals surface area contributed by atoms with Crippen LogP contribution < -0.4 is 5.69 Å². The Morgan fingerprint density at radius 1 is 1.38 bits per heavy atom. The van der Waals surface area contributed by atoms with Crippen LogP contribution in [-0.2, 0) is 9.53 Å². The third-order valence-electron chi connectivity index (χ3n) is 2.72. The van der Waals surface area contributed by atoms with Gasteiger partial charge in [0.05, 0.1) is 6.61 Å². The van der Waals surface area contributed by atoms with E-state index in [0.717, 1.165) is 12.8 Å². The molecule has 1 N–H and O–H groups in total. The summed E-state index contributed by atoms with van der Waals surface area (Å²) in [6, 6.07) is 0.270. The second-order valence-corrected chi connectivity index (χ2v) is 5.15. The normalized spacial score (nSPS) is 24.8. The summed E-state index contributed by atoms with van der Waals surface area (Å²) in [5.41, 5.74) is -0.184. The minimum atomic E-state index is -0.215. The van der Waals surface area contributed by atoms with Crippen LogP contribution in [0.25, 0.3) is 0 Å². The van der Waals surface area contributed by atoms with Gasteiger partial charge in [0.1, 0.15) is 5.25 Å². The first-order valence-electron chi connectivity index (χ1n) is 5.26. The maximum absolute atomic E-state index is 11.5. The summed E-state index contributed by atoms with van der Waals surface area (Å²) >= 11 is 1.32. The second kappa shape index (κ2) is 3.65. The molecule has 3 rings (SSSR count). The molecule has 1 atom stereocenters. The first-order valence-corrected chi connectivity index (χ1v) is 6.14. The molecule has 16 heavy (non-hydrogen) atoms. The van der Waals surface area contributed by atoms with Crippen molar-refractivity contribution in [2.45, 2.75) is 35.7 Å². The van der Waals surface area contributed by atoms with Gasteiger partial charge in [-0.15, -0.1) is 5.10 Å². The molecule has 6 nitrogen and oxygen atoms in total. The quantitative estimate of drug-likeness (QED) is 0.771. The number of hydrogen-bond donors (Lipinski definition) is 1. The van der Waals surface area contributed by atoms with E-state index in [4.69, 9.17) is 4.74 Å². The Labute approximate surface area is 95.4 Å². The van der Waals surface area contributed by atoms with Crippen LogP contribution in [0.4, 0.5) is 0 Å². The number of hydrogen-bond acceptors (Lipinski definition) is 5. The lowest BCUT2D eigenvalue weighted by Crippen LogP contribution is -2.17. The highest BCUT2D eigenvalue weighted by atomic mass is 32.2. The summed E-state index contributed by atoms with van der Waals surface area (Å²) < 4.78 is 6.52. The fraction of sp³-hybridized carbons (Fsp3) is 0.667. The van der Waals surface area contributed by atoms with Gasteiger partial charge in [-0.25, -0.2) is 9.89 Å². The molecule has 0 amide bonds. The molecule has 1 saturated carbocycles. The van der Waals surface area contributed by atoms with E-state index in [1.54, 1.807) is 4.57 Å². The van der Waals surface area contributed by atoms with Gasteiger partial charge in [0.2, 0.25) is 0 Å². The Morgan fingerprint density at radius 3 is 2.81 bits per heavy atom. The molecular weight excluding hydrogens is 230 g/mol. The van der Waals surface area contributed by atoms with Gasteiger partial charge in [-0.3, -0.25) is 9.36 Å². The molecule has 1 aliphatic carbocycles. The monoisotopic (exact) mass is 241 g/mol. The first kappa shape index (κ1) is 9.95. The van der Waals surface area contributed by atoms with E-state index in [1.807, 2.05) is 0 Å². The average molecular weight is 241 g/mol. The highest BCUT2D eigenvalue weighted by molar-refractivity contribution is 8.00. The Balaban J connectivity index is 1.83. The standard InChI is InChI=1S/C9H11N3O3S/c13-7-6(3-4-15-7)16-9-11-10-8(14)12(9)5-1-2-5/h5-6H,1-4H2,(H,10,14)/t6-/m0/s1. The van der Waals surface area contributed by atoms with Crippen molar-refractivity contribution in [3.8, 4) is 0 Å². The van der Waals surface area contributed by atoms with Gasteiger partial charge in [0.25, 0.3) is 0 Å². The topological polar surface area (TPSA) is 77.0 Å². The Kier molecular flexibility index (Phi) is 2.27. The van der Waals surface area contributed by atoms with E-state index in [2.05, 4.69) is 10.2 Å². The van der Waals surface area contributed by atoms with Crippen molar-refractivity contribution in [3.63, 3.8) is 0 Å². The Hall–Kier alpha value is -1.24. The summed E-state index contributed by atoms with van der Waals surface area (Å²) in [6.45, 7) is 0.467. The summed E-state index contributed by atoms with van der Waals surface area (Å²) in [5, 5.41) is 6.78. The number of rotatable bonds is 3. The highest BCUT2D eigenvalue weighted by Crippen LogP contribution is 2.37. The molecule has 2 aliphatic rings. The molecule has 0 bridgehead atoms. The average Bonchev–Trinajstić information content (AvgIpc) is 2.92. The lowest BCUT2D eigenvalue weighted by Gasteiger charge is -2.05. The molecule has 2 heterocycles. The molecular formula is C9H11N3O3S. The SMILES string of the molecule is O=C1OCC[C@@H]1Sc1n[nH]c(=O)n1C1CC1. The third-order valence-corrected chi connectivity index (χ3v) is 3.93. The minimum absolute atomic E-state index is 0.184. The Morgan fingerprint density at radius 2 is 2.19 bits per heavy atom. The minimum Gasteiger partial charge on any atom is -0.465 e. The molecule has 1 aromatic heterocycles. The maximum Gasteiger partial charge on any atom is 0.344 e. The number of nitrogens with zero attached hydrogens (tertiary/aromatic N) is 2. The largest absolute Gasteiger partial charge is 0.465 e. The summed E-state index contributed by atoms with van der Waals surface area (Å²) in [4.78, 5) is 22.8. The van der Waals surface area contributed by atoms with Crippen molar-refractivity contribution in [1.29, 1.82) is 0 Å². The lowest BCUT2D eigenvalue weighted by molar-refractivity contribution is -0.137.